The van der Waals surface area contributed by atoms with Crippen molar-refractivity contribution in [2.24, 2.45) is 10.7 Å². The smallest absolute Gasteiger partial charge is 0.196 e. The fraction of sp³-hybridized carbons (Fsp3) is 0.0714. The third-order valence-electron chi connectivity index (χ3n) is 3.31. The van der Waals surface area contributed by atoms with E-state index in [0.717, 1.165) is 16.8 Å². The molecule has 0 fully saturated rings. The van der Waals surface area contributed by atoms with Crippen molar-refractivity contribution in [3.05, 3.63) is 54.2 Å². The molecule has 3 heterocycles. The molecule has 6 nitrogen and oxygen atoms in total. The molecular formula is C14H12N6. The van der Waals surface area contributed by atoms with Gasteiger partial charge in [0.1, 0.15) is 5.82 Å². The van der Waals surface area contributed by atoms with E-state index < -0.39 is 0 Å². The molecule has 6 heteroatoms. The SMILES string of the molecule is NC1=N[C@@H](c2ccccc2)n2nc3ncccc3c2N1. The van der Waals surface area contributed by atoms with Crippen molar-refractivity contribution >= 4 is 22.8 Å². The Morgan fingerprint density at radius 3 is 2.80 bits per heavy atom. The van der Waals surface area contributed by atoms with E-state index >= 15 is 0 Å². The predicted molar refractivity (Wildman–Crippen MR) is 77.4 cm³/mol. The molecule has 0 amide bonds. The minimum Gasteiger partial charge on any atom is -0.370 e. The van der Waals surface area contributed by atoms with Crippen LogP contribution in [-0.4, -0.2) is 20.7 Å². The number of nitrogens with one attached hydrogen (secondary N) is 1. The number of benzene rings is 1. The zero-order valence-electron chi connectivity index (χ0n) is 10.6. The van der Waals surface area contributed by atoms with E-state index in [9.17, 15) is 0 Å². The minimum atomic E-state index is -0.262. The second-order valence-electron chi connectivity index (χ2n) is 4.59. The molecule has 1 aliphatic heterocycles. The van der Waals surface area contributed by atoms with Gasteiger partial charge in [-0.1, -0.05) is 30.3 Å². The van der Waals surface area contributed by atoms with E-state index in [4.69, 9.17) is 5.73 Å². The van der Waals surface area contributed by atoms with Crippen molar-refractivity contribution in [2.45, 2.75) is 6.17 Å². The van der Waals surface area contributed by atoms with Crippen molar-refractivity contribution in [3.8, 4) is 0 Å². The zero-order chi connectivity index (χ0) is 13.5. The lowest BCUT2D eigenvalue weighted by molar-refractivity contribution is 0.546. The predicted octanol–water partition coefficient (Wildman–Crippen LogP) is 1.72. The largest absolute Gasteiger partial charge is 0.370 e. The summed E-state index contributed by atoms with van der Waals surface area (Å²) in [5.41, 5.74) is 7.62. The molecule has 20 heavy (non-hydrogen) atoms. The van der Waals surface area contributed by atoms with Crippen molar-refractivity contribution in [1.82, 2.24) is 14.8 Å². The number of rotatable bonds is 1. The van der Waals surface area contributed by atoms with E-state index in [-0.39, 0.29) is 6.17 Å². The van der Waals surface area contributed by atoms with E-state index in [2.05, 4.69) is 20.4 Å². The van der Waals surface area contributed by atoms with E-state index in [1.54, 1.807) is 6.20 Å². The Morgan fingerprint density at radius 2 is 1.95 bits per heavy atom. The summed E-state index contributed by atoms with van der Waals surface area (Å²) in [6.07, 6.45) is 1.46. The van der Waals surface area contributed by atoms with Gasteiger partial charge in [0.05, 0.1) is 5.39 Å². The molecule has 3 N–H and O–H groups in total. The van der Waals surface area contributed by atoms with Crippen LogP contribution >= 0.6 is 0 Å². The van der Waals surface area contributed by atoms with Crippen LogP contribution in [0.25, 0.3) is 11.0 Å². The maximum absolute atomic E-state index is 5.90. The molecule has 98 valence electrons. The molecule has 0 aliphatic carbocycles. The molecule has 1 atom stereocenters. The van der Waals surface area contributed by atoms with Gasteiger partial charge >= 0.3 is 0 Å². The number of anilines is 1. The van der Waals surface area contributed by atoms with Gasteiger partial charge in [-0.05, 0) is 17.7 Å². The summed E-state index contributed by atoms with van der Waals surface area (Å²) in [7, 11) is 0. The van der Waals surface area contributed by atoms with Gasteiger partial charge < -0.3 is 11.1 Å². The average molecular weight is 264 g/mol. The number of pyridine rings is 1. The summed E-state index contributed by atoms with van der Waals surface area (Å²) in [6, 6.07) is 13.8. The van der Waals surface area contributed by atoms with Gasteiger partial charge in [0, 0.05) is 6.20 Å². The molecule has 0 saturated carbocycles. The third kappa shape index (κ3) is 1.55. The first-order chi connectivity index (χ1) is 9.83. The Hall–Kier alpha value is -2.89. The standard InChI is InChI=1S/C14H12N6/c15-14-17-12(9-5-2-1-3-6-9)20-13(18-14)10-7-4-8-16-11(10)19-20/h1-8,12H,(H3,15,17,18)/t12-/m1/s1. The molecule has 0 saturated heterocycles. The van der Waals surface area contributed by atoms with Gasteiger partial charge in [-0.2, -0.15) is 0 Å². The quantitative estimate of drug-likeness (QED) is 0.701. The molecule has 1 aromatic carbocycles. The number of hydrogen-bond donors (Lipinski definition) is 2. The lowest BCUT2D eigenvalue weighted by atomic mass is 10.1. The molecule has 2 aromatic heterocycles. The second kappa shape index (κ2) is 4.06. The Balaban J connectivity index is 1.96. The van der Waals surface area contributed by atoms with E-state index in [1.165, 1.54) is 0 Å². The second-order valence-corrected chi connectivity index (χ2v) is 4.59. The Bertz CT molecular complexity index is 805. The Kier molecular flexibility index (Phi) is 2.23. The maximum atomic E-state index is 5.90. The van der Waals surface area contributed by atoms with Crippen LogP contribution in [0.1, 0.15) is 11.7 Å². The van der Waals surface area contributed by atoms with Crippen molar-refractivity contribution in [3.63, 3.8) is 0 Å². The van der Waals surface area contributed by atoms with Gasteiger partial charge in [0.2, 0.25) is 0 Å². The van der Waals surface area contributed by atoms with Crippen LogP contribution in [0.5, 0.6) is 0 Å². The summed E-state index contributed by atoms with van der Waals surface area (Å²) < 4.78 is 1.82. The highest BCUT2D eigenvalue weighted by atomic mass is 15.4. The van der Waals surface area contributed by atoms with Crippen LogP contribution in [0.2, 0.25) is 0 Å². The lowest BCUT2D eigenvalue weighted by Crippen LogP contribution is -2.31. The summed E-state index contributed by atoms with van der Waals surface area (Å²) in [6.45, 7) is 0. The molecular weight excluding hydrogens is 252 g/mol. The Labute approximate surface area is 115 Å². The van der Waals surface area contributed by atoms with Gasteiger partial charge in [-0.15, -0.1) is 5.10 Å². The minimum absolute atomic E-state index is 0.262. The van der Waals surface area contributed by atoms with Crippen molar-refractivity contribution in [1.29, 1.82) is 0 Å². The van der Waals surface area contributed by atoms with Crippen LogP contribution in [0.15, 0.2) is 53.7 Å². The first kappa shape index (κ1) is 11.0. The van der Waals surface area contributed by atoms with Crippen LogP contribution in [0, 0.1) is 0 Å². The zero-order valence-corrected chi connectivity index (χ0v) is 10.6. The first-order valence-corrected chi connectivity index (χ1v) is 6.31. The van der Waals surface area contributed by atoms with Crippen molar-refractivity contribution < 1.29 is 0 Å². The average Bonchev–Trinajstić information content (AvgIpc) is 2.86. The highest BCUT2D eigenvalue weighted by Crippen LogP contribution is 2.31. The van der Waals surface area contributed by atoms with Gasteiger partial charge in [0.25, 0.3) is 0 Å². The number of hydrogen-bond acceptors (Lipinski definition) is 5. The fourth-order valence-corrected chi connectivity index (χ4v) is 2.42. The molecule has 4 rings (SSSR count). The number of fused-ring (bicyclic) bond motifs is 3. The monoisotopic (exact) mass is 264 g/mol. The Morgan fingerprint density at radius 1 is 1.10 bits per heavy atom. The molecule has 0 unspecified atom stereocenters. The highest BCUT2D eigenvalue weighted by molar-refractivity contribution is 6.00. The molecule has 1 aliphatic rings. The van der Waals surface area contributed by atoms with Gasteiger partial charge in [0.15, 0.2) is 17.8 Å². The van der Waals surface area contributed by atoms with Crippen LogP contribution < -0.4 is 11.1 Å². The van der Waals surface area contributed by atoms with Crippen molar-refractivity contribution in [2.75, 3.05) is 5.32 Å². The summed E-state index contributed by atoms with van der Waals surface area (Å²) in [5, 5.41) is 8.53. The van der Waals surface area contributed by atoms with Gasteiger partial charge in [-0.25, -0.2) is 14.7 Å². The first-order valence-electron chi connectivity index (χ1n) is 6.31. The topological polar surface area (TPSA) is 81.1 Å². The number of guanidine groups is 1. The van der Waals surface area contributed by atoms with Crippen LogP contribution in [0.3, 0.4) is 0 Å². The number of nitrogens with zero attached hydrogens (tertiary/aromatic N) is 4. The molecule has 3 aromatic rings. The molecule has 0 radical (unpaired) electrons. The third-order valence-corrected chi connectivity index (χ3v) is 3.31. The summed E-state index contributed by atoms with van der Waals surface area (Å²) >= 11 is 0. The molecule has 0 spiro atoms. The number of aliphatic imine (C=N–C) groups is 1. The van der Waals surface area contributed by atoms with Crippen LogP contribution in [-0.2, 0) is 0 Å². The maximum Gasteiger partial charge on any atom is 0.196 e. The van der Waals surface area contributed by atoms with E-state index in [1.807, 2.05) is 47.1 Å². The highest BCUT2D eigenvalue weighted by Gasteiger charge is 2.25. The normalized spacial score (nSPS) is 17.4. The summed E-state index contributed by atoms with van der Waals surface area (Å²) in [5.74, 6) is 1.21. The van der Waals surface area contributed by atoms with E-state index in [0.29, 0.717) is 11.6 Å². The van der Waals surface area contributed by atoms with Crippen LogP contribution in [0.4, 0.5) is 5.82 Å². The fourth-order valence-electron chi connectivity index (χ4n) is 2.42. The van der Waals surface area contributed by atoms with Gasteiger partial charge in [-0.3, -0.25) is 0 Å². The number of nitrogens with two attached hydrogens (primary N) is 1. The molecule has 0 bridgehead atoms. The number of aromatic nitrogens is 3. The lowest BCUT2D eigenvalue weighted by Gasteiger charge is -2.22. The summed E-state index contributed by atoms with van der Waals surface area (Å²) in [4.78, 5) is 8.72.